The summed E-state index contributed by atoms with van der Waals surface area (Å²) in [5.74, 6) is 0.163. The third-order valence-corrected chi connectivity index (χ3v) is 4.42. The normalized spacial score (nSPS) is 10.6. The van der Waals surface area contributed by atoms with Crippen molar-refractivity contribution in [1.82, 2.24) is 5.43 Å². The summed E-state index contributed by atoms with van der Waals surface area (Å²) < 4.78 is 11.2. The van der Waals surface area contributed by atoms with Gasteiger partial charge >= 0.3 is 0 Å². The van der Waals surface area contributed by atoms with Gasteiger partial charge in [0.15, 0.2) is 11.5 Å². The Morgan fingerprint density at radius 1 is 1.11 bits per heavy atom. The summed E-state index contributed by atoms with van der Waals surface area (Å²) in [6.45, 7) is 3.87. The van der Waals surface area contributed by atoms with Gasteiger partial charge in [-0.25, -0.2) is 5.43 Å². The van der Waals surface area contributed by atoms with E-state index >= 15 is 0 Å². The molecule has 0 radical (unpaired) electrons. The van der Waals surface area contributed by atoms with Crippen molar-refractivity contribution < 1.29 is 19.1 Å². The first kappa shape index (κ1) is 21.4. The van der Waals surface area contributed by atoms with Gasteiger partial charge in [-0.3, -0.25) is 9.59 Å². The lowest BCUT2D eigenvalue weighted by atomic mass is 10.1. The van der Waals surface area contributed by atoms with Crippen molar-refractivity contribution >= 4 is 39.6 Å². The van der Waals surface area contributed by atoms with Crippen molar-refractivity contribution in [2.24, 2.45) is 5.10 Å². The van der Waals surface area contributed by atoms with E-state index in [2.05, 4.69) is 31.8 Å². The second-order valence-electron chi connectivity index (χ2n) is 6.07. The first-order chi connectivity index (χ1) is 13.3. The molecule has 2 amide bonds. The fourth-order valence-corrected chi connectivity index (χ4v) is 3.15. The molecule has 0 aliphatic rings. The first-order valence-electron chi connectivity index (χ1n) is 8.44. The predicted octanol–water partition coefficient (Wildman–Crippen LogP) is 3.56. The number of carbonyl (C=O) groups is 2. The number of nitrogens with one attached hydrogen (secondary N) is 2. The number of carbonyl (C=O) groups excluding carboxylic acids is 2. The van der Waals surface area contributed by atoms with E-state index in [1.807, 2.05) is 32.0 Å². The Morgan fingerprint density at radius 3 is 2.50 bits per heavy atom. The number of hydrogen-bond donors (Lipinski definition) is 2. The van der Waals surface area contributed by atoms with E-state index in [0.29, 0.717) is 27.2 Å². The van der Waals surface area contributed by atoms with Crippen molar-refractivity contribution in [3.63, 3.8) is 0 Å². The maximum Gasteiger partial charge on any atom is 0.249 e. The first-order valence-corrected chi connectivity index (χ1v) is 9.24. The van der Waals surface area contributed by atoms with Gasteiger partial charge in [0.05, 0.1) is 24.9 Å². The van der Waals surface area contributed by atoms with E-state index in [-0.39, 0.29) is 6.42 Å². The summed E-state index contributed by atoms with van der Waals surface area (Å²) in [6, 6.07) is 9.15. The monoisotopic (exact) mass is 447 g/mol. The van der Waals surface area contributed by atoms with E-state index in [1.165, 1.54) is 13.3 Å². The lowest BCUT2D eigenvalue weighted by Crippen LogP contribution is -2.24. The third-order valence-electron chi connectivity index (χ3n) is 3.84. The predicted molar refractivity (Wildman–Crippen MR) is 112 cm³/mol. The molecule has 0 aliphatic heterocycles. The second-order valence-corrected chi connectivity index (χ2v) is 6.93. The fourth-order valence-electron chi connectivity index (χ4n) is 2.52. The summed E-state index contributed by atoms with van der Waals surface area (Å²) >= 11 is 3.39. The average Bonchev–Trinajstić information content (AvgIpc) is 2.63. The molecule has 0 spiro atoms. The Balaban J connectivity index is 1.93. The molecule has 0 unspecified atom stereocenters. The Morgan fingerprint density at radius 2 is 1.86 bits per heavy atom. The molecule has 0 atom stereocenters. The SMILES string of the molecule is COc1cc(C=NNC(=O)CC(=O)Nc2ccc(C)cc2C)cc(Br)c1OC. The van der Waals surface area contributed by atoms with Gasteiger partial charge in [-0.15, -0.1) is 0 Å². The van der Waals surface area contributed by atoms with Gasteiger partial charge < -0.3 is 14.8 Å². The zero-order chi connectivity index (χ0) is 20.7. The van der Waals surface area contributed by atoms with Crippen LogP contribution in [0.2, 0.25) is 0 Å². The van der Waals surface area contributed by atoms with E-state index in [1.54, 1.807) is 19.2 Å². The molecule has 0 aliphatic carbocycles. The van der Waals surface area contributed by atoms with Gasteiger partial charge in [0.1, 0.15) is 6.42 Å². The summed E-state index contributed by atoms with van der Waals surface area (Å²) in [4.78, 5) is 24.0. The second kappa shape index (κ2) is 9.89. The summed E-state index contributed by atoms with van der Waals surface area (Å²) in [5, 5.41) is 6.60. The number of methoxy groups -OCH3 is 2. The smallest absolute Gasteiger partial charge is 0.249 e. The summed E-state index contributed by atoms with van der Waals surface area (Å²) in [5.41, 5.74) is 5.74. The summed E-state index contributed by atoms with van der Waals surface area (Å²) in [6.07, 6.45) is 1.12. The maximum absolute atomic E-state index is 12.0. The van der Waals surface area contributed by atoms with Crippen LogP contribution in [0.15, 0.2) is 39.9 Å². The fraction of sp³-hybridized carbons (Fsp3) is 0.250. The van der Waals surface area contributed by atoms with E-state index < -0.39 is 11.8 Å². The highest BCUT2D eigenvalue weighted by atomic mass is 79.9. The van der Waals surface area contributed by atoms with Crippen LogP contribution in [0.3, 0.4) is 0 Å². The molecule has 0 heterocycles. The van der Waals surface area contributed by atoms with Gasteiger partial charge in [0.25, 0.3) is 0 Å². The largest absolute Gasteiger partial charge is 0.493 e. The number of anilines is 1. The number of ether oxygens (including phenoxy) is 2. The molecule has 0 saturated heterocycles. The highest BCUT2D eigenvalue weighted by molar-refractivity contribution is 9.10. The number of benzene rings is 2. The number of halogens is 1. The molecule has 28 heavy (non-hydrogen) atoms. The Labute approximate surface area is 172 Å². The Hall–Kier alpha value is -2.87. The molecular weight excluding hydrogens is 426 g/mol. The molecule has 0 fully saturated rings. The number of hydrogen-bond acceptors (Lipinski definition) is 5. The van der Waals surface area contributed by atoms with Crippen LogP contribution in [-0.4, -0.2) is 32.2 Å². The molecule has 2 rings (SSSR count). The number of rotatable bonds is 7. The van der Waals surface area contributed by atoms with Crippen molar-refractivity contribution in [3.8, 4) is 11.5 Å². The molecule has 0 bridgehead atoms. The summed E-state index contributed by atoms with van der Waals surface area (Å²) in [7, 11) is 3.07. The zero-order valence-electron chi connectivity index (χ0n) is 16.1. The molecule has 7 nitrogen and oxygen atoms in total. The van der Waals surface area contributed by atoms with Gasteiger partial charge in [-0.05, 0) is 59.1 Å². The molecule has 2 aromatic rings. The molecular formula is C20H22BrN3O4. The third kappa shape index (κ3) is 5.82. The number of aryl methyl sites for hydroxylation is 2. The van der Waals surface area contributed by atoms with Crippen LogP contribution in [0.5, 0.6) is 11.5 Å². The molecule has 0 aromatic heterocycles. The van der Waals surface area contributed by atoms with Gasteiger partial charge in [0.2, 0.25) is 11.8 Å². The van der Waals surface area contributed by atoms with Crippen LogP contribution in [0.4, 0.5) is 5.69 Å². The Bertz CT molecular complexity index is 913. The van der Waals surface area contributed by atoms with Crippen LogP contribution in [-0.2, 0) is 9.59 Å². The van der Waals surface area contributed by atoms with Crippen LogP contribution in [0, 0.1) is 13.8 Å². The van der Waals surface area contributed by atoms with Gasteiger partial charge in [0, 0.05) is 5.69 Å². The van der Waals surface area contributed by atoms with E-state index in [9.17, 15) is 9.59 Å². The minimum absolute atomic E-state index is 0.333. The van der Waals surface area contributed by atoms with Crippen LogP contribution in [0.25, 0.3) is 0 Å². The van der Waals surface area contributed by atoms with Gasteiger partial charge in [-0.1, -0.05) is 17.7 Å². The van der Waals surface area contributed by atoms with Crippen molar-refractivity contribution in [2.75, 3.05) is 19.5 Å². The van der Waals surface area contributed by atoms with E-state index in [4.69, 9.17) is 9.47 Å². The van der Waals surface area contributed by atoms with Gasteiger partial charge in [-0.2, -0.15) is 5.10 Å². The van der Waals surface area contributed by atoms with Crippen LogP contribution in [0.1, 0.15) is 23.1 Å². The molecule has 2 N–H and O–H groups in total. The minimum Gasteiger partial charge on any atom is -0.493 e. The lowest BCUT2D eigenvalue weighted by Gasteiger charge is -2.10. The number of nitrogens with zero attached hydrogens (tertiary/aromatic N) is 1. The average molecular weight is 448 g/mol. The highest BCUT2D eigenvalue weighted by Gasteiger charge is 2.11. The van der Waals surface area contributed by atoms with Crippen LogP contribution < -0.4 is 20.2 Å². The number of amides is 2. The lowest BCUT2D eigenvalue weighted by molar-refractivity contribution is -0.126. The standard InChI is InChI=1S/C20H22BrN3O4/c1-12-5-6-16(13(2)7-12)23-18(25)10-19(26)24-22-11-14-8-15(21)20(28-4)17(9-14)27-3/h5-9,11H,10H2,1-4H3,(H,23,25)(H,24,26). The molecule has 0 saturated carbocycles. The molecule has 8 heteroatoms. The Kier molecular flexibility index (Phi) is 7.57. The maximum atomic E-state index is 12.0. The van der Waals surface area contributed by atoms with Crippen LogP contribution >= 0.6 is 15.9 Å². The van der Waals surface area contributed by atoms with Crippen molar-refractivity contribution in [3.05, 3.63) is 51.5 Å². The van der Waals surface area contributed by atoms with Crippen molar-refractivity contribution in [1.29, 1.82) is 0 Å². The highest BCUT2D eigenvalue weighted by Crippen LogP contribution is 2.35. The molecule has 2 aromatic carbocycles. The van der Waals surface area contributed by atoms with E-state index in [0.717, 1.165) is 11.1 Å². The number of hydrazone groups is 1. The molecule has 148 valence electrons. The topological polar surface area (TPSA) is 89.0 Å². The minimum atomic E-state index is -0.516. The zero-order valence-corrected chi connectivity index (χ0v) is 17.7. The quantitative estimate of drug-likeness (QED) is 0.385. The van der Waals surface area contributed by atoms with Crippen molar-refractivity contribution in [2.45, 2.75) is 20.3 Å².